The van der Waals surface area contributed by atoms with Crippen molar-refractivity contribution in [1.82, 2.24) is 4.90 Å². The fraction of sp³-hybridized carbons (Fsp3) is 0.417. The van der Waals surface area contributed by atoms with Gasteiger partial charge >= 0.3 is 6.09 Å². The summed E-state index contributed by atoms with van der Waals surface area (Å²) in [5.74, 6) is 0.400. The molecule has 1 aromatic carbocycles. The molecule has 0 N–H and O–H groups in total. The Morgan fingerprint density at radius 3 is 2.71 bits per heavy atom. The number of hydrogen-bond donors (Lipinski definition) is 0. The number of nitrogens with zero attached hydrogens (tertiary/aromatic N) is 1. The average molecular weight is 319 g/mol. The van der Waals surface area contributed by atoms with Crippen LogP contribution in [0.15, 0.2) is 22.7 Å². The quantitative estimate of drug-likeness (QED) is 0.780. The van der Waals surface area contributed by atoms with Gasteiger partial charge in [0.25, 0.3) is 0 Å². The summed E-state index contributed by atoms with van der Waals surface area (Å²) in [4.78, 5) is 13.6. The van der Waals surface area contributed by atoms with Crippen molar-refractivity contribution in [3.05, 3.63) is 27.7 Å². The van der Waals surface area contributed by atoms with E-state index in [9.17, 15) is 4.79 Å². The van der Waals surface area contributed by atoms with Crippen molar-refractivity contribution in [2.24, 2.45) is 0 Å². The van der Waals surface area contributed by atoms with Crippen molar-refractivity contribution in [3.8, 4) is 5.75 Å². The van der Waals surface area contributed by atoms with Crippen LogP contribution in [0, 0.1) is 0 Å². The number of ether oxygens (including phenoxy) is 1. The summed E-state index contributed by atoms with van der Waals surface area (Å²) in [6.07, 6.45) is 2.95. The van der Waals surface area contributed by atoms with Crippen molar-refractivity contribution in [1.29, 1.82) is 0 Å². The fourth-order valence-corrected chi connectivity index (χ4v) is 2.31. The van der Waals surface area contributed by atoms with E-state index in [1.165, 1.54) is 6.42 Å². The van der Waals surface area contributed by atoms with Gasteiger partial charge in [0, 0.05) is 17.6 Å². The summed E-state index contributed by atoms with van der Waals surface area (Å²) in [5.41, 5.74) is 0. The van der Waals surface area contributed by atoms with E-state index in [1.807, 2.05) is 0 Å². The zero-order valence-corrected chi connectivity index (χ0v) is 11.6. The Labute approximate surface area is 114 Å². The van der Waals surface area contributed by atoms with E-state index < -0.39 is 0 Å². The Hall–Kier alpha value is -0.740. The number of benzene rings is 1. The topological polar surface area (TPSA) is 29.5 Å². The molecule has 1 heterocycles. The Balaban J connectivity index is 2.04. The van der Waals surface area contributed by atoms with Crippen LogP contribution < -0.4 is 4.74 Å². The second-order valence-corrected chi connectivity index (χ2v) is 5.20. The Morgan fingerprint density at radius 2 is 2.00 bits per heavy atom. The lowest BCUT2D eigenvalue weighted by Crippen LogP contribution is -2.37. The molecule has 2 rings (SSSR count). The van der Waals surface area contributed by atoms with Gasteiger partial charge in [-0.05, 0) is 47.3 Å². The molecule has 0 unspecified atom stereocenters. The lowest BCUT2D eigenvalue weighted by atomic mass is 10.1. The smallest absolute Gasteiger partial charge is 0.409 e. The number of hydrogen-bond acceptors (Lipinski definition) is 2. The molecule has 0 spiro atoms. The number of rotatable bonds is 1. The van der Waals surface area contributed by atoms with Gasteiger partial charge in [-0.3, -0.25) is 0 Å². The standard InChI is InChI=1S/C12H13BrClNO2/c13-9-5-4-6-10(11(9)14)17-12(16)15-7-2-1-3-8-15/h4-6H,1-3,7-8H2. The van der Waals surface area contributed by atoms with Crippen LogP contribution in [0.1, 0.15) is 19.3 Å². The molecule has 1 aliphatic rings. The Kier molecular flexibility index (Phi) is 4.29. The zero-order valence-electron chi connectivity index (χ0n) is 9.29. The van der Waals surface area contributed by atoms with Crippen LogP contribution in [0.2, 0.25) is 5.02 Å². The van der Waals surface area contributed by atoms with E-state index >= 15 is 0 Å². The van der Waals surface area contributed by atoms with E-state index in [-0.39, 0.29) is 6.09 Å². The Morgan fingerprint density at radius 1 is 1.29 bits per heavy atom. The van der Waals surface area contributed by atoms with Gasteiger partial charge in [-0.2, -0.15) is 0 Å². The third-order valence-corrected chi connectivity index (χ3v) is 4.01. The highest BCUT2D eigenvalue weighted by molar-refractivity contribution is 9.10. The Bertz CT molecular complexity index is 419. The molecule has 5 heteroatoms. The lowest BCUT2D eigenvalue weighted by Gasteiger charge is -2.25. The largest absolute Gasteiger partial charge is 0.415 e. The van der Waals surface area contributed by atoms with Crippen LogP contribution in [0.4, 0.5) is 4.79 Å². The maximum absolute atomic E-state index is 11.9. The number of piperidine rings is 1. The maximum Gasteiger partial charge on any atom is 0.415 e. The van der Waals surface area contributed by atoms with Gasteiger partial charge in [-0.25, -0.2) is 4.79 Å². The molecule has 0 saturated carbocycles. The minimum absolute atomic E-state index is 0.315. The minimum atomic E-state index is -0.315. The second kappa shape index (κ2) is 5.74. The molecule has 3 nitrogen and oxygen atoms in total. The molecule has 0 aromatic heterocycles. The van der Waals surface area contributed by atoms with E-state index in [0.29, 0.717) is 10.8 Å². The maximum atomic E-state index is 11.9. The number of carbonyl (C=O) groups is 1. The lowest BCUT2D eigenvalue weighted by molar-refractivity contribution is 0.142. The number of halogens is 2. The summed E-state index contributed by atoms with van der Waals surface area (Å²) in [6.45, 7) is 1.54. The van der Waals surface area contributed by atoms with Crippen molar-refractivity contribution in [3.63, 3.8) is 0 Å². The number of amides is 1. The molecule has 0 aliphatic carbocycles. The highest BCUT2D eigenvalue weighted by Gasteiger charge is 2.19. The van der Waals surface area contributed by atoms with E-state index in [1.54, 1.807) is 23.1 Å². The monoisotopic (exact) mass is 317 g/mol. The third kappa shape index (κ3) is 3.13. The third-order valence-electron chi connectivity index (χ3n) is 2.73. The molecular weight excluding hydrogens is 305 g/mol. The van der Waals surface area contributed by atoms with Gasteiger partial charge in [0.05, 0.1) is 5.02 Å². The van der Waals surface area contributed by atoms with E-state index in [4.69, 9.17) is 16.3 Å². The predicted molar refractivity (Wildman–Crippen MR) is 70.6 cm³/mol. The van der Waals surface area contributed by atoms with Gasteiger partial charge < -0.3 is 9.64 Å². The van der Waals surface area contributed by atoms with Gasteiger partial charge in [-0.1, -0.05) is 17.7 Å². The van der Waals surface area contributed by atoms with Gasteiger partial charge in [0.2, 0.25) is 0 Å². The van der Waals surface area contributed by atoms with Gasteiger partial charge in [0.15, 0.2) is 5.75 Å². The van der Waals surface area contributed by atoms with Crippen LogP contribution >= 0.6 is 27.5 Å². The molecule has 1 aromatic rings. The first-order valence-corrected chi connectivity index (χ1v) is 6.76. The van der Waals surface area contributed by atoms with Crippen LogP contribution in [-0.2, 0) is 0 Å². The molecule has 0 radical (unpaired) electrons. The molecule has 0 atom stereocenters. The van der Waals surface area contributed by atoms with Crippen LogP contribution in [0.5, 0.6) is 5.75 Å². The average Bonchev–Trinajstić information content (AvgIpc) is 2.36. The highest BCUT2D eigenvalue weighted by atomic mass is 79.9. The summed E-state index contributed by atoms with van der Waals surface area (Å²) >= 11 is 9.33. The zero-order chi connectivity index (χ0) is 12.3. The highest BCUT2D eigenvalue weighted by Crippen LogP contribution is 2.32. The van der Waals surface area contributed by atoms with Gasteiger partial charge in [-0.15, -0.1) is 0 Å². The summed E-state index contributed by atoms with van der Waals surface area (Å²) in [7, 11) is 0. The summed E-state index contributed by atoms with van der Waals surface area (Å²) < 4.78 is 6.02. The summed E-state index contributed by atoms with van der Waals surface area (Å²) in [5, 5.41) is 0.429. The predicted octanol–water partition coefficient (Wildman–Crippen LogP) is 4.09. The minimum Gasteiger partial charge on any atom is -0.409 e. The van der Waals surface area contributed by atoms with Crippen molar-refractivity contribution >= 4 is 33.6 Å². The number of carbonyl (C=O) groups excluding carboxylic acids is 1. The molecular formula is C12H13BrClNO2. The van der Waals surface area contributed by atoms with Crippen molar-refractivity contribution in [2.45, 2.75) is 19.3 Å². The van der Waals surface area contributed by atoms with Crippen LogP contribution in [0.3, 0.4) is 0 Å². The first-order chi connectivity index (χ1) is 8.18. The molecule has 1 fully saturated rings. The molecule has 1 amide bonds. The van der Waals surface area contributed by atoms with E-state index in [0.717, 1.165) is 30.4 Å². The van der Waals surface area contributed by atoms with Crippen LogP contribution in [0.25, 0.3) is 0 Å². The molecule has 1 aliphatic heterocycles. The molecule has 1 saturated heterocycles. The molecule has 17 heavy (non-hydrogen) atoms. The summed E-state index contributed by atoms with van der Waals surface area (Å²) in [6, 6.07) is 5.28. The van der Waals surface area contributed by atoms with E-state index in [2.05, 4.69) is 15.9 Å². The first-order valence-electron chi connectivity index (χ1n) is 5.59. The normalized spacial score (nSPS) is 15.8. The SMILES string of the molecule is O=C(Oc1cccc(Br)c1Cl)N1CCCCC1. The van der Waals surface area contributed by atoms with Crippen molar-refractivity contribution in [2.75, 3.05) is 13.1 Å². The second-order valence-electron chi connectivity index (χ2n) is 3.97. The van der Waals surface area contributed by atoms with Crippen LogP contribution in [-0.4, -0.2) is 24.1 Å². The molecule has 0 bridgehead atoms. The fourth-order valence-electron chi connectivity index (χ4n) is 1.80. The van der Waals surface area contributed by atoms with Crippen molar-refractivity contribution < 1.29 is 9.53 Å². The first kappa shape index (κ1) is 12.7. The number of likely N-dealkylation sites (tertiary alicyclic amines) is 1. The molecule has 92 valence electrons. The van der Waals surface area contributed by atoms with Gasteiger partial charge in [0.1, 0.15) is 0 Å².